The van der Waals surface area contributed by atoms with Gasteiger partial charge in [-0.1, -0.05) is 56.2 Å². The maximum Gasteiger partial charge on any atom is 0.107 e. The van der Waals surface area contributed by atoms with Crippen LogP contribution in [0.3, 0.4) is 0 Å². The Kier molecular flexibility index (Phi) is 5.76. The molecule has 0 aliphatic rings. The van der Waals surface area contributed by atoms with Gasteiger partial charge in [-0.3, -0.25) is 0 Å². The average Bonchev–Trinajstić information content (AvgIpc) is 2.35. The van der Waals surface area contributed by atoms with Gasteiger partial charge in [0.25, 0.3) is 0 Å². The number of rotatable bonds is 6. The minimum absolute atomic E-state index is 0.551. The summed E-state index contributed by atoms with van der Waals surface area (Å²) in [5.74, 6) is 0. The summed E-state index contributed by atoms with van der Waals surface area (Å²) in [4.78, 5) is 0. The number of benzene rings is 1. The molecule has 0 amide bonds. The largest absolute Gasteiger partial charge is 0.383 e. The van der Waals surface area contributed by atoms with Gasteiger partial charge < -0.3 is 5.11 Å². The molecule has 0 fully saturated rings. The highest BCUT2D eigenvalue weighted by atomic mass is 16.3. The van der Waals surface area contributed by atoms with E-state index in [4.69, 9.17) is 0 Å². The Bertz CT molecular complexity index is 382. The highest BCUT2D eigenvalue weighted by Crippen LogP contribution is 2.25. The first-order chi connectivity index (χ1) is 8.19. The molecule has 0 bridgehead atoms. The maximum atomic E-state index is 10.2. The summed E-state index contributed by atoms with van der Waals surface area (Å²) >= 11 is 0. The van der Waals surface area contributed by atoms with Crippen molar-refractivity contribution in [3.63, 3.8) is 0 Å². The molecule has 0 aliphatic carbocycles. The number of aliphatic hydroxyl groups excluding tert-OH is 1. The molecule has 17 heavy (non-hydrogen) atoms. The Balaban J connectivity index is 2.69. The maximum absolute atomic E-state index is 10.2. The van der Waals surface area contributed by atoms with E-state index in [0.717, 1.165) is 24.0 Å². The van der Waals surface area contributed by atoms with Gasteiger partial charge in [-0.05, 0) is 25.3 Å². The molecule has 1 N–H and O–H groups in total. The molecular weight excluding hydrogens is 208 g/mol. The molecule has 0 aliphatic heterocycles. The number of aliphatic hydroxyl groups is 1. The molecule has 1 nitrogen and oxygen atoms in total. The topological polar surface area (TPSA) is 20.2 Å². The zero-order chi connectivity index (χ0) is 12.7. The molecule has 1 rings (SSSR count). The Morgan fingerprint density at radius 1 is 1.29 bits per heavy atom. The van der Waals surface area contributed by atoms with Crippen molar-refractivity contribution in [3.05, 3.63) is 53.3 Å². The Labute approximate surface area is 104 Å². The van der Waals surface area contributed by atoms with Gasteiger partial charge in [0.1, 0.15) is 6.10 Å². The first-order valence-electron chi connectivity index (χ1n) is 6.32. The van der Waals surface area contributed by atoms with Crippen LogP contribution in [-0.4, -0.2) is 5.11 Å². The van der Waals surface area contributed by atoms with Crippen LogP contribution in [0.4, 0.5) is 0 Å². The number of aryl methyl sites for hydroxylation is 1. The molecule has 1 aromatic rings. The van der Waals surface area contributed by atoms with Gasteiger partial charge in [-0.2, -0.15) is 0 Å². The van der Waals surface area contributed by atoms with Gasteiger partial charge in [-0.15, -0.1) is 5.73 Å². The fourth-order valence-corrected chi connectivity index (χ4v) is 1.84. The smallest absolute Gasteiger partial charge is 0.107 e. The summed E-state index contributed by atoms with van der Waals surface area (Å²) < 4.78 is 0. The quantitative estimate of drug-likeness (QED) is 0.570. The molecule has 1 unspecified atom stereocenters. The van der Waals surface area contributed by atoms with E-state index in [9.17, 15) is 5.11 Å². The summed E-state index contributed by atoms with van der Waals surface area (Å²) in [6.07, 6.45) is 3.80. The number of hydrogen-bond acceptors (Lipinski definition) is 1. The van der Waals surface area contributed by atoms with Crippen molar-refractivity contribution in [2.75, 3.05) is 0 Å². The molecule has 92 valence electrons. The summed E-state index contributed by atoms with van der Waals surface area (Å²) in [5, 5.41) is 10.2. The molecule has 0 spiro atoms. The predicted molar refractivity (Wildman–Crippen MR) is 72.9 cm³/mol. The van der Waals surface area contributed by atoms with Crippen molar-refractivity contribution in [1.29, 1.82) is 0 Å². The van der Waals surface area contributed by atoms with Gasteiger partial charge in [-0.25, -0.2) is 0 Å². The van der Waals surface area contributed by atoms with E-state index in [2.05, 4.69) is 19.2 Å². The SMILES string of the molecule is C=C=C(CCCCC)C(O)c1ccc(C)cc1. The third-order valence-electron chi connectivity index (χ3n) is 3.00. The first-order valence-corrected chi connectivity index (χ1v) is 6.32. The van der Waals surface area contributed by atoms with E-state index in [0.29, 0.717) is 0 Å². The standard InChI is InChI=1S/C16H22O/c1-4-6-7-8-14(5-2)16(17)15-11-9-13(3)10-12-15/h9-12,16-17H,2,4,6-8H2,1,3H3. The minimum Gasteiger partial charge on any atom is -0.383 e. The molecule has 1 atom stereocenters. The third-order valence-corrected chi connectivity index (χ3v) is 3.00. The van der Waals surface area contributed by atoms with E-state index in [-0.39, 0.29) is 0 Å². The molecule has 0 saturated heterocycles. The zero-order valence-corrected chi connectivity index (χ0v) is 10.9. The molecule has 0 aromatic heterocycles. The highest BCUT2D eigenvalue weighted by Gasteiger charge is 2.12. The van der Waals surface area contributed by atoms with Crippen LogP contribution in [-0.2, 0) is 0 Å². The molecule has 0 radical (unpaired) electrons. The highest BCUT2D eigenvalue weighted by molar-refractivity contribution is 5.28. The fourth-order valence-electron chi connectivity index (χ4n) is 1.84. The Morgan fingerprint density at radius 2 is 1.94 bits per heavy atom. The summed E-state index contributed by atoms with van der Waals surface area (Å²) in [6, 6.07) is 7.98. The lowest BCUT2D eigenvalue weighted by atomic mass is 9.97. The Hall–Kier alpha value is -1.30. The lowest BCUT2D eigenvalue weighted by molar-refractivity contribution is 0.211. The minimum atomic E-state index is -0.551. The van der Waals surface area contributed by atoms with Crippen molar-refractivity contribution >= 4 is 0 Å². The van der Waals surface area contributed by atoms with Crippen LogP contribution in [0.25, 0.3) is 0 Å². The van der Waals surface area contributed by atoms with E-state index >= 15 is 0 Å². The molecule has 0 saturated carbocycles. The van der Waals surface area contributed by atoms with Gasteiger partial charge >= 0.3 is 0 Å². The van der Waals surface area contributed by atoms with Gasteiger partial charge in [0, 0.05) is 5.57 Å². The van der Waals surface area contributed by atoms with Crippen molar-refractivity contribution in [3.8, 4) is 0 Å². The van der Waals surface area contributed by atoms with Crippen LogP contribution >= 0.6 is 0 Å². The van der Waals surface area contributed by atoms with E-state index in [1.165, 1.54) is 18.4 Å². The predicted octanol–water partition coefficient (Wildman–Crippen LogP) is 4.32. The van der Waals surface area contributed by atoms with Crippen LogP contribution in [0.1, 0.15) is 49.8 Å². The fraction of sp³-hybridized carbons (Fsp3) is 0.438. The second-order valence-electron chi connectivity index (χ2n) is 4.47. The lowest BCUT2D eigenvalue weighted by Crippen LogP contribution is -2.01. The van der Waals surface area contributed by atoms with Crippen LogP contribution in [0.2, 0.25) is 0 Å². The van der Waals surface area contributed by atoms with E-state index in [1.54, 1.807) is 0 Å². The number of hydrogen-bond donors (Lipinski definition) is 1. The lowest BCUT2D eigenvalue weighted by Gasteiger charge is -2.13. The monoisotopic (exact) mass is 230 g/mol. The van der Waals surface area contributed by atoms with Gasteiger partial charge in [0.15, 0.2) is 0 Å². The molecule has 1 aromatic carbocycles. The van der Waals surface area contributed by atoms with Crippen LogP contribution < -0.4 is 0 Å². The summed E-state index contributed by atoms with van der Waals surface area (Å²) in [5.41, 5.74) is 5.93. The zero-order valence-electron chi connectivity index (χ0n) is 10.9. The first kappa shape index (κ1) is 13.8. The molecule has 1 heteroatoms. The van der Waals surface area contributed by atoms with E-state index in [1.807, 2.05) is 31.2 Å². The van der Waals surface area contributed by atoms with Crippen molar-refractivity contribution in [2.45, 2.75) is 45.6 Å². The third kappa shape index (κ3) is 4.22. The second-order valence-corrected chi connectivity index (χ2v) is 4.47. The molecule has 0 heterocycles. The van der Waals surface area contributed by atoms with Gasteiger partial charge in [0.05, 0.1) is 0 Å². The van der Waals surface area contributed by atoms with Crippen LogP contribution in [0.5, 0.6) is 0 Å². The van der Waals surface area contributed by atoms with Crippen LogP contribution in [0.15, 0.2) is 42.1 Å². The van der Waals surface area contributed by atoms with Crippen molar-refractivity contribution < 1.29 is 5.11 Å². The van der Waals surface area contributed by atoms with Crippen molar-refractivity contribution in [2.24, 2.45) is 0 Å². The average molecular weight is 230 g/mol. The molecular formula is C16H22O. The second kappa shape index (κ2) is 7.11. The Morgan fingerprint density at radius 3 is 2.47 bits per heavy atom. The van der Waals surface area contributed by atoms with Crippen molar-refractivity contribution in [1.82, 2.24) is 0 Å². The number of unbranched alkanes of at least 4 members (excludes halogenated alkanes) is 2. The van der Waals surface area contributed by atoms with E-state index < -0.39 is 6.10 Å². The van der Waals surface area contributed by atoms with Gasteiger partial charge in [0.2, 0.25) is 0 Å². The summed E-state index contributed by atoms with van der Waals surface area (Å²) in [7, 11) is 0. The summed E-state index contributed by atoms with van der Waals surface area (Å²) in [6.45, 7) is 7.90. The van der Waals surface area contributed by atoms with Crippen LogP contribution in [0, 0.1) is 6.92 Å². The normalized spacial score (nSPS) is 11.9.